The Balaban J connectivity index is 2.15. The molecule has 2 atom stereocenters. The monoisotopic (exact) mass is 248 g/mol. The number of rotatable bonds is 3. The van der Waals surface area contributed by atoms with Crippen LogP contribution in [0.2, 0.25) is 0 Å². The van der Waals surface area contributed by atoms with E-state index in [-0.39, 0.29) is 11.9 Å². The molecule has 1 saturated heterocycles. The Hall–Kier alpha value is -1.55. The van der Waals surface area contributed by atoms with Gasteiger partial charge in [0.15, 0.2) is 6.10 Å². The second-order valence-corrected chi connectivity index (χ2v) is 4.72. The van der Waals surface area contributed by atoms with E-state index in [1.165, 1.54) is 0 Å². The molecule has 1 aliphatic heterocycles. The molecular formula is C14H20N2O2. The van der Waals surface area contributed by atoms with Crippen LogP contribution in [0.25, 0.3) is 0 Å². The number of nitrogens with two attached hydrogens (primary N) is 1. The lowest BCUT2D eigenvalue weighted by atomic mass is 10.1. The molecule has 2 rings (SSSR count). The van der Waals surface area contributed by atoms with Crippen LogP contribution in [0.3, 0.4) is 0 Å². The van der Waals surface area contributed by atoms with Crippen LogP contribution in [0.1, 0.15) is 37.8 Å². The molecule has 1 aliphatic rings. The minimum Gasteiger partial charge on any atom is -0.480 e. The topological polar surface area (TPSA) is 64.3 Å². The molecule has 1 unspecified atom stereocenters. The Kier molecular flexibility index (Phi) is 4.20. The maximum atomic E-state index is 11.8. The second kappa shape index (κ2) is 5.87. The lowest BCUT2D eigenvalue weighted by molar-refractivity contribution is -0.127. The van der Waals surface area contributed by atoms with Crippen LogP contribution in [0, 0.1) is 0 Å². The molecule has 1 aromatic carbocycles. The molecule has 3 N–H and O–H groups in total. The summed E-state index contributed by atoms with van der Waals surface area (Å²) in [5.41, 5.74) is 6.84. The number of carbonyl (C=O) groups is 1. The highest BCUT2D eigenvalue weighted by molar-refractivity contribution is 5.81. The minimum atomic E-state index is -0.396. The van der Waals surface area contributed by atoms with E-state index in [0.717, 1.165) is 37.1 Å². The van der Waals surface area contributed by atoms with Crippen molar-refractivity contribution in [3.05, 3.63) is 29.8 Å². The Morgan fingerprint density at radius 1 is 1.39 bits per heavy atom. The van der Waals surface area contributed by atoms with Gasteiger partial charge in [-0.05, 0) is 32.3 Å². The maximum absolute atomic E-state index is 11.8. The van der Waals surface area contributed by atoms with E-state index < -0.39 is 6.10 Å². The molecule has 0 saturated carbocycles. The van der Waals surface area contributed by atoms with E-state index in [1.807, 2.05) is 31.2 Å². The first kappa shape index (κ1) is 12.9. The highest BCUT2D eigenvalue weighted by Crippen LogP contribution is 2.25. The van der Waals surface area contributed by atoms with Gasteiger partial charge in [-0.2, -0.15) is 0 Å². The number of nitrogens with one attached hydrogen (secondary N) is 1. The zero-order chi connectivity index (χ0) is 13.0. The largest absolute Gasteiger partial charge is 0.480 e. The van der Waals surface area contributed by atoms with E-state index in [0.29, 0.717) is 0 Å². The van der Waals surface area contributed by atoms with Gasteiger partial charge in [0.2, 0.25) is 0 Å². The van der Waals surface area contributed by atoms with Gasteiger partial charge < -0.3 is 15.8 Å². The van der Waals surface area contributed by atoms with Crippen LogP contribution in [-0.4, -0.2) is 18.6 Å². The van der Waals surface area contributed by atoms with Crippen LogP contribution in [0.5, 0.6) is 5.75 Å². The van der Waals surface area contributed by atoms with Crippen molar-refractivity contribution < 1.29 is 9.53 Å². The summed E-state index contributed by atoms with van der Waals surface area (Å²) in [5.74, 6) is 0.696. The molecule has 1 aromatic rings. The lowest BCUT2D eigenvalue weighted by Gasteiger charge is -2.19. The predicted octanol–water partition coefficient (Wildman–Crippen LogP) is 1.75. The fourth-order valence-corrected chi connectivity index (χ4v) is 2.14. The maximum Gasteiger partial charge on any atom is 0.261 e. The number of amides is 1. The third-order valence-electron chi connectivity index (χ3n) is 3.16. The lowest BCUT2D eigenvalue weighted by Crippen LogP contribution is -2.36. The molecular weight excluding hydrogens is 228 g/mol. The summed E-state index contributed by atoms with van der Waals surface area (Å²) in [6, 6.07) is 7.54. The number of ether oxygens (including phenoxy) is 1. The van der Waals surface area contributed by atoms with Crippen molar-refractivity contribution in [1.82, 2.24) is 5.32 Å². The van der Waals surface area contributed by atoms with Crippen LogP contribution >= 0.6 is 0 Å². The summed E-state index contributed by atoms with van der Waals surface area (Å²) < 4.78 is 5.85. The Morgan fingerprint density at radius 2 is 2.17 bits per heavy atom. The van der Waals surface area contributed by atoms with Gasteiger partial charge in [-0.1, -0.05) is 18.2 Å². The quantitative estimate of drug-likeness (QED) is 0.856. The Bertz CT molecular complexity index is 418. The molecule has 0 spiro atoms. The Morgan fingerprint density at radius 3 is 2.94 bits per heavy atom. The fraction of sp³-hybridized carbons (Fsp3) is 0.500. The van der Waals surface area contributed by atoms with Crippen molar-refractivity contribution >= 4 is 5.91 Å². The van der Waals surface area contributed by atoms with Gasteiger partial charge >= 0.3 is 0 Å². The van der Waals surface area contributed by atoms with Crippen molar-refractivity contribution in [2.45, 2.75) is 38.3 Å². The molecule has 4 nitrogen and oxygen atoms in total. The summed E-state index contributed by atoms with van der Waals surface area (Å²) in [5, 5.41) is 2.87. The van der Waals surface area contributed by atoms with Gasteiger partial charge in [-0.25, -0.2) is 0 Å². The van der Waals surface area contributed by atoms with E-state index in [4.69, 9.17) is 10.5 Å². The van der Waals surface area contributed by atoms with Crippen molar-refractivity contribution in [2.24, 2.45) is 5.73 Å². The molecule has 1 amide bonds. The van der Waals surface area contributed by atoms with E-state index in [2.05, 4.69) is 5.32 Å². The van der Waals surface area contributed by atoms with Gasteiger partial charge in [-0.15, -0.1) is 0 Å². The molecule has 1 heterocycles. The van der Waals surface area contributed by atoms with E-state index in [1.54, 1.807) is 0 Å². The fourth-order valence-electron chi connectivity index (χ4n) is 2.14. The third kappa shape index (κ3) is 3.01. The van der Waals surface area contributed by atoms with Crippen molar-refractivity contribution in [3.63, 3.8) is 0 Å². The number of benzene rings is 1. The van der Waals surface area contributed by atoms with Crippen molar-refractivity contribution in [1.29, 1.82) is 0 Å². The molecule has 0 aromatic heterocycles. The number of para-hydroxylation sites is 1. The summed E-state index contributed by atoms with van der Waals surface area (Å²) in [6.07, 6.45) is 2.39. The summed E-state index contributed by atoms with van der Waals surface area (Å²) in [7, 11) is 0. The smallest absolute Gasteiger partial charge is 0.261 e. The molecule has 0 aliphatic carbocycles. The van der Waals surface area contributed by atoms with Crippen molar-refractivity contribution in [3.8, 4) is 5.75 Å². The molecule has 98 valence electrons. The molecule has 0 bridgehead atoms. The molecule has 18 heavy (non-hydrogen) atoms. The highest BCUT2D eigenvalue weighted by Gasteiger charge is 2.23. The zero-order valence-corrected chi connectivity index (χ0v) is 10.7. The van der Waals surface area contributed by atoms with Gasteiger partial charge in [-0.3, -0.25) is 4.79 Å². The number of carbonyl (C=O) groups excluding carboxylic acids is 1. The van der Waals surface area contributed by atoms with E-state index in [9.17, 15) is 4.79 Å². The summed E-state index contributed by atoms with van der Waals surface area (Å²) in [4.78, 5) is 11.8. The second-order valence-electron chi connectivity index (χ2n) is 4.72. The first-order valence-corrected chi connectivity index (χ1v) is 6.47. The minimum absolute atomic E-state index is 0.0213. The average Bonchev–Trinajstić information content (AvgIpc) is 2.55. The average molecular weight is 248 g/mol. The first-order valence-electron chi connectivity index (χ1n) is 6.47. The summed E-state index contributed by atoms with van der Waals surface area (Å²) >= 11 is 0. The predicted molar refractivity (Wildman–Crippen MR) is 70.3 cm³/mol. The molecule has 1 fully saturated rings. The van der Waals surface area contributed by atoms with Crippen molar-refractivity contribution in [2.75, 3.05) is 6.54 Å². The van der Waals surface area contributed by atoms with Crippen LogP contribution in [0.15, 0.2) is 24.3 Å². The highest BCUT2D eigenvalue weighted by atomic mass is 16.5. The molecule has 4 heteroatoms. The first-order chi connectivity index (χ1) is 8.68. The van der Waals surface area contributed by atoms with Crippen LogP contribution in [0.4, 0.5) is 0 Å². The normalized spacial score (nSPS) is 21.9. The summed E-state index contributed by atoms with van der Waals surface area (Å²) in [6.45, 7) is 2.66. The van der Waals surface area contributed by atoms with Crippen LogP contribution < -0.4 is 15.8 Å². The van der Waals surface area contributed by atoms with Gasteiger partial charge in [0.25, 0.3) is 5.91 Å². The Labute approximate surface area is 108 Å². The zero-order valence-electron chi connectivity index (χ0n) is 10.7. The third-order valence-corrected chi connectivity index (χ3v) is 3.16. The number of hydrogen-bond donors (Lipinski definition) is 2. The number of hydrogen-bond acceptors (Lipinski definition) is 3. The molecule has 0 radical (unpaired) electrons. The van der Waals surface area contributed by atoms with Gasteiger partial charge in [0.1, 0.15) is 5.75 Å². The van der Waals surface area contributed by atoms with Crippen LogP contribution in [-0.2, 0) is 4.79 Å². The van der Waals surface area contributed by atoms with Gasteiger partial charge in [0, 0.05) is 18.2 Å². The SMILES string of the molecule is C[C@H](N)c1ccccc1OC1CCCCNC1=O. The standard InChI is InChI=1S/C14H20N2O2/c1-10(15)11-6-2-3-7-12(11)18-13-8-4-5-9-16-14(13)17/h2-3,6-7,10,13H,4-5,8-9,15H2,1H3,(H,16,17)/t10-,13?/m0/s1. The van der Waals surface area contributed by atoms with Gasteiger partial charge in [0.05, 0.1) is 0 Å². The van der Waals surface area contributed by atoms with E-state index >= 15 is 0 Å².